The fourth-order valence-electron chi connectivity index (χ4n) is 1.86. The molecule has 0 radical (unpaired) electrons. The first-order valence-corrected chi connectivity index (χ1v) is 5.31. The Labute approximate surface area is 96.1 Å². The van der Waals surface area contributed by atoms with Crippen LogP contribution in [0.5, 0.6) is 0 Å². The molecule has 2 nitrogen and oxygen atoms in total. The molecule has 2 N–H and O–H groups in total. The van der Waals surface area contributed by atoms with Gasteiger partial charge in [0.15, 0.2) is 0 Å². The number of aryl methyl sites for hydroxylation is 1. The van der Waals surface area contributed by atoms with Crippen LogP contribution in [0.15, 0.2) is 24.3 Å². The summed E-state index contributed by atoms with van der Waals surface area (Å²) < 4.78 is 37.6. The van der Waals surface area contributed by atoms with Crippen molar-refractivity contribution in [2.45, 2.75) is 19.0 Å². The van der Waals surface area contributed by atoms with E-state index in [4.69, 9.17) is 5.11 Å². The number of hydrogen-bond acceptors (Lipinski definition) is 1. The van der Waals surface area contributed by atoms with Crippen LogP contribution in [-0.2, 0) is 12.6 Å². The molecule has 1 heterocycles. The molecule has 0 saturated carbocycles. The molecule has 0 bridgehead atoms. The number of nitrogens with one attached hydrogen (secondary N) is 1. The van der Waals surface area contributed by atoms with E-state index in [2.05, 4.69) is 4.98 Å². The molecule has 1 aromatic heterocycles. The largest absolute Gasteiger partial charge is 0.431 e. The van der Waals surface area contributed by atoms with Gasteiger partial charge in [-0.1, -0.05) is 12.1 Å². The van der Waals surface area contributed by atoms with Gasteiger partial charge < -0.3 is 10.1 Å². The Balaban J connectivity index is 2.45. The highest BCUT2D eigenvalue weighted by molar-refractivity contribution is 5.84. The van der Waals surface area contributed by atoms with Crippen molar-refractivity contribution in [3.8, 4) is 0 Å². The van der Waals surface area contributed by atoms with Gasteiger partial charge >= 0.3 is 6.18 Å². The van der Waals surface area contributed by atoms with Gasteiger partial charge in [-0.2, -0.15) is 13.2 Å². The minimum Gasteiger partial charge on any atom is -0.396 e. The summed E-state index contributed by atoms with van der Waals surface area (Å²) in [6.45, 7) is 0.0347. The monoisotopic (exact) mass is 243 g/mol. The Morgan fingerprint density at radius 3 is 2.65 bits per heavy atom. The zero-order valence-electron chi connectivity index (χ0n) is 9.01. The van der Waals surface area contributed by atoms with E-state index in [1.165, 1.54) is 0 Å². The molecule has 2 aromatic rings. The lowest BCUT2D eigenvalue weighted by Crippen LogP contribution is -2.04. The van der Waals surface area contributed by atoms with Gasteiger partial charge in [-0.05, 0) is 30.5 Å². The van der Waals surface area contributed by atoms with Crippen LogP contribution < -0.4 is 0 Å². The van der Waals surface area contributed by atoms with Crippen molar-refractivity contribution in [3.63, 3.8) is 0 Å². The summed E-state index contributed by atoms with van der Waals surface area (Å²) in [5.41, 5.74) is 0.569. The average molecular weight is 243 g/mol. The predicted octanol–water partition coefficient (Wildman–Crippen LogP) is 3.11. The molecule has 5 heteroatoms. The molecule has 2 rings (SSSR count). The Morgan fingerprint density at radius 2 is 2.00 bits per heavy atom. The maximum Gasteiger partial charge on any atom is 0.431 e. The second-order valence-electron chi connectivity index (χ2n) is 3.89. The summed E-state index contributed by atoms with van der Waals surface area (Å²) in [4.78, 5) is 2.36. The molecule has 0 fully saturated rings. The molecular formula is C12H12F3NO. The lowest BCUT2D eigenvalue weighted by Gasteiger charge is -2.01. The number of aromatic amines is 1. The fraction of sp³-hybridized carbons (Fsp3) is 0.333. The number of aromatic nitrogens is 1. The Hall–Kier alpha value is -1.49. The van der Waals surface area contributed by atoms with Gasteiger partial charge in [-0.3, -0.25) is 0 Å². The number of aliphatic hydroxyl groups excluding tert-OH is 1. The topological polar surface area (TPSA) is 36.0 Å². The second kappa shape index (κ2) is 4.41. The summed E-state index contributed by atoms with van der Waals surface area (Å²) in [6, 6.07) is 6.24. The zero-order chi connectivity index (χ0) is 12.5. The molecule has 92 valence electrons. The maximum absolute atomic E-state index is 12.5. The van der Waals surface area contributed by atoms with E-state index >= 15 is 0 Å². The van der Waals surface area contributed by atoms with Crippen LogP contribution in [0.3, 0.4) is 0 Å². The number of benzene rings is 1. The Kier molecular flexibility index (Phi) is 3.11. The number of fused-ring (bicyclic) bond motifs is 1. The highest BCUT2D eigenvalue weighted by atomic mass is 19.4. The highest BCUT2D eigenvalue weighted by Gasteiger charge is 2.32. The smallest absolute Gasteiger partial charge is 0.396 e. The van der Waals surface area contributed by atoms with E-state index in [0.717, 1.165) is 11.6 Å². The molecule has 0 aliphatic heterocycles. The third-order valence-electron chi connectivity index (χ3n) is 2.66. The van der Waals surface area contributed by atoms with Crippen molar-refractivity contribution in [1.29, 1.82) is 0 Å². The number of halogens is 3. The van der Waals surface area contributed by atoms with Gasteiger partial charge in [0.2, 0.25) is 0 Å². The molecule has 0 atom stereocenters. The average Bonchev–Trinajstić information content (AvgIpc) is 2.70. The summed E-state index contributed by atoms with van der Waals surface area (Å²) in [6.07, 6.45) is -3.23. The standard InChI is InChI=1S/C12H12F3NO/c13-12(14,15)11-7-9-8(4-2-6-17)3-1-5-10(9)16-11/h1,3,5,7,16-17H,2,4,6H2. The third kappa shape index (κ3) is 2.44. The van der Waals surface area contributed by atoms with Crippen molar-refractivity contribution in [1.82, 2.24) is 4.98 Å². The van der Waals surface area contributed by atoms with E-state index in [-0.39, 0.29) is 6.61 Å². The van der Waals surface area contributed by atoms with Crippen LogP contribution in [-0.4, -0.2) is 16.7 Å². The van der Waals surface area contributed by atoms with Crippen LogP contribution in [0.2, 0.25) is 0 Å². The van der Waals surface area contributed by atoms with Gasteiger partial charge in [0.1, 0.15) is 5.69 Å². The first-order valence-electron chi connectivity index (χ1n) is 5.31. The zero-order valence-corrected chi connectivity index (χ0v) is 9.01. The normalized spacial score (nSPS) is 12.2. The summed E-state index contributed by atoms with van der Waals surface area (Å²) in [5, 5.41) is 9.32. The lowest BCUT2D eigenvalue weighted by atomic mass is 10.1. The molecule has 0 amide bonds. The molecule has 1 aromatic carbocycles. The SMILES string of the molecule is OCCCc1cccc2[nH]c(C(F)(F)F)cc12. The van der Waals surface area contributed by atoms with E-state index in [0.29, 0.717) is 23.7 Å². The number of alkyl halides is 3. The van der Waals surface area contributed by atoms with Crippen molar-refractivity contribution in [2.75, 3.05) is 6.61 Å². The van der Waals surface area contributed by atoms with Crippen LogP contribution in [0.1, 0.15) is 17.7 Å². The van der Waals surface area contributed by atoms with Crippen molar-refractivity contribution in [2.24, 2.45) is 0 Å². The summed E-state index contributed by atoms with van der Waals surface area (Å²) in [5.74, 6) is 0. The van der Waals surface area contributed by atoms with Gasteiger partial charge in [0.05, 0.1) is 0 Å². The third-order valence-corrected chi connectivity index (χ3v) is 2.66. The van der Waals surface area contributed by atoms with Gasteiger partial charge in [0, 0.05) is 17.5 Å². The summed E-state index contributed by atoms with van der Waals surface area (Å²) in [7, 11) is 0. The molecule has 0 aliphatic rings. The molecule has 0 unspecified atom stereocenters. The quantitative estimate of drug-likeness (QED) is 0.853. The van der Waals surface area contributed by atoms with Crippen molar-refractivity contribution >= 4 is 10.9 Å². The van der Waals surface area contributed by atoms with E-state index in [9.17, 15) is 13.2 Å². The van der Waals surface area contributed by atoms with Crippen LogP contribution >= 0.6 is 0 Å². The molecule has 0 aliphatic carbocycles. The van der Waals surface area contributed by atoms with Crippen LogP contribution in [0.4, 0.5) is 13.2 Å². The van der Waals surface area contributed by atoms with E-state index < -0.39 is 11.9 Å². The van der Waals surface area contributed by atoms with Gasteiger partial charge in [-0.25, -0.2) is 0 Å². The highest BCUT2D eigenvalue weighted by Crippen LogP contribution is 2.32. The van der Waals surface area contributed by atoms with Crippen molar-refractivity contribution in [3.05, 3.63) is 35.5 Å². The first kappa shape index (κ1) is 12.0. The predicted molar refractivity (Wildman–Crippen MR) is 58.7 cm³/mol. The van der Waals surface area contributed by atoms with Crippen LogP contribution in [0.25, 0.3) is 10.9 Å². The number of hydrogen-bond donors (Lipinski definition) is 2. The number of rotatable bonds is 3. The Morgan fingerprint density at radius 1 is 1.24 bits per heavy atom. The van der Waals surface area contributed by atoms with Gasteiger partial charge in [0.25, 0.3) is 0 Å². The maximum atomic E-state index is 12.5. The molecular weight excluding hydrogens is 231 g/mol. The van der Waals surface area contributed by atoms with E-state index in [1.54, 1.807) is 18.2 Å². The number of aliphatic hydroxyl groups is 1. The van der Waals surface area contributed by atoms with Gasteiger partial charge in [-0.15, -0.1) is 0 Å². The van der Waals surface area contributed by atoms with Crippen molar-refractivity contribution < 1.29 is 18.3 Å². The lowest BCUT2D eigenvalue weighted by molar-refractivity contribution is -0.140. The summed E-state index contributed by atoms with van der Waals surface area (Å²) >= 11 is 0. The fourth-order valence-corrected chi connectivity index (χ4v) is 1.86. The molecule has 0 saturated heterocycles. The molecule has 0 spiro atoms. The number of H-pyrrole nitrogens is 1. The second-order valence-corrected chi connectivity index (χ2v) is 3.89. The van der Waals surface area contributed by atoms with E-state index in [1.807, 2.05) is 0 Å². The minimum atomic E-state index is -4.35. The first-order chi connectivity index (χ1) is 8.02. The Bertz CT molecular complexity index is 516. The van der Waals surface area contributed by atoms with Crippen LogP contribution in [0, 0.1) is 0 Å². The minimum absolute atomic E-state index is 0.0347. The molecule has 17 heavy (non-hydrogen) atoms.